The van der Waals surface area contributed by atoms with E-state index in [9.17, 15) is 9.59 Å². The van der Waals surface area contributed by atoms with Crippen molar-refractivity contribution in [3.05, 3.63) is 35.9 Å². The third-order valence-electron chi connectivity index (χ3n) is 3.35. The van der Waals surface area contributed by atoms with Crippen molar-refractivity contribution >= 4 is 11.9 Å². The lowest BCUT2D eigenvalue weighted by atomic mass is 10.0. The zero-order chi connectivity index (χ0) is 14.5. The van der Waals surface area contributed by atoms with Crippen LogP contribution in [0.25, 0.3) is 0 Å². The molecule has 2 rings (SSSR count). The molecule has 0 bridgehead atoms. The van der Waals surface area contributed by atoms with Crippen molar-refractivity contribution in [3.63, 3.8) is 0 Å². The van der Waals surface area contributed by atoms with Gasteiger partial charge in [0.1, 0.15) is 0 Å². The molecule has 0 unspecified atom stereocenters. The average molecular weight is 277 g/mol. The predicted molar refractivity (Wildman–Crippen MR) is 73.1 cm³/mol. The molecule has 1 amide bonds. The minimum Gasteiger partial charge on any atom is -0.481 e. The summed E-state index contributed by atoms with van der Waals surface area (Å²) in [6, 6.07) is 8.66. The van der Waals surface area contributed by atoms with Crippen molar-refractivity contribution in [1.29, 1.82) is 0 Å². The second kappa shape index (κ2) is 6.52. The number of benzene rings is 1. The van der Waals surface area contributed by atoms with Crippen LogP contribution in [-0.2, 0) is 14.3 Å². The normalized spacial score (nSPS) is 22.1. The summed E-state index contributed by atoms with van der Waals surface area (Å²) in [7, 11) is 0. The highest BCUT2D eigenvalue weighted by Gasteiger charge is 2.44. The highest BCUT2D eigenvalue weighted by atomic mass is 16.5. The second-order valence-electron chi connectivity index (χ2n) is 4.91. The molecule has 1 saturated carbocycles. The standard InChI is InChI=1S/C15H19NO4/c1-2-20-13-8-11(13)15(19)16-12(9-14(17)18)10-6-4-3-5-7-10/h3-7,11-13H,2,8-9H2,1H3,(H,16,19)(H,17,18)/t11-,12-,13-/m1/s1. The van der Waals surface area contributed by atoms with Gasteiger partial charge in [0.2, 0.25) is 5.91 Å². The SMILES string of the molecule is CCO[C@@H]1C[C@H]1C(=O)N[C@H](CC(=O)O)c1ccccc1. The number of hydrogen-bond acceptors (Lipinski definition) is 3. The largest absolute Gasteiger partial charge is 0.481 e. The molecule has 0 aromatic heterocycles. The Morgan fingerprint density at radius 2 is 2.10 bits per heavy atom. The van der Waals surface area contributed by atoms with E-state index in [4.69, 9.17) is 9.84 Å². The van der Waals surface area contributed by atoms with E-state index in [0.717, 1.165) is 5.56 Å². The number of ether oxygens (including phenoxy) is 1. The van der Waals surface area contributed by atoms with Gasteiger partial charge >= 0.3 is 5.97 Å². The van der Waals surface area contributed by atoms with Crippen molar-refractivity contribution in [3.8, 4) is 0 Å². The second-order valence-corrected chi connectivity index (χ2v) is 4.91. The lowest BCUT2D eigenvalue weighted by molar-refractivity contribution is -0.137. The van der Waals surface area contributed by atoms with Crippen molar-refractivity contribution < 1.29 is 19.4 Å². The number of nitrogens with one attached hydrogen (secondary N) is 1. The Balaban J connectivity index is 1.98. The van der Waals surface area contributed by atoms with Gasteiger partial charge in [-0.1, -0.05) is 30.3 Å². The molecule has 1 aromatic rings. The van der Waals surface area contributed by atoms with E-state index in [-0.39, 0.29) is 24.3 Å². The van der Waals surface area contributed by atoms with Crippen molar-refractivity contribution in [2.24, 2.45) is 5.92 Å². The molecule has 2 N–H and O–H groups in total. The number of carboxylic acid groups (broad SMARTS) is 1. The van der Waals surface area contributed by atoms with Gasteiger partial charge in [0.05, 0.1) is 24.5 Å². The van der Waals surface area contributed by atoms with Crippen molar-refractivity contribution in [2.75, 3.05) is 6.61 Å². The molecule has 108 valence electrons. The Hall–Kier alpha value is -1.88. The van der Waals surface area contributed by atoms with Crippen LogP contribution in [0.5, 0.6) is 0 Å². The van der Waals surface area contributed by atoms with Crippen LogP contribution in [0.2, 0.25) is 0 Å². The fraction of sp³-hybridized carbons (Fsp3) is 0.467. The number of carboxylic acids is 1. The number of carbonyl (C=O) groups is 2. The van der Waals surface area contributed by atoms with E-state index in [1.54, 1.807) is 0 Å². The molecule has 0 saturated heterocycles. The van der Waals surface area contributed by atoms with E-state index in [1.807, 2.05) is 37.3 Å². The summed E-state index contributed by atoms with van der Waals surface area (Å²) >= 11 is 0. The Morgan fingerprint density at radius 1 is 1.40 bits per heavy atom. The quantitative estimate of drug-likeness (QED) is 0.796. The van der Waals surface area contributed by atoms with Crippen LogP contribution in [0.15, 0.2) is 30.3 Å². The van der Waals surface area contributed by atoms with Crippen LogP contribution in [-0.4, -0.2) is 29.7 Å². The molecule has 5 nitrogen and oxygen atoms in total. The van der Waals surface area contributed by atoms with Crippen LogP contribution in [0.4, 0.5) is 0 Å². The maximum atomic E-state index is 12.1. The molecule has 20 heavy (non-hydrogen) atoms. The monoisotopic (exact) mass is 277 g/mol. The Bertz CT molecular complexity index is 474. The molecule has 3 atom stereocenters. The third kappa shape index (κ3) is 3.81. The Kier molecular flexibility index (Phi) is 4.74. The molecule has 1 aromatic carbocycles. The number of rotatable bonds is 7. The Labute approximate surface area is 117 Å². The van der Waals surface area contributed by atoms with Gasteiger partial charge in [-0.05, 0) is 18.9 Å². The van der Waals surface area contributed by atoms with Crippen LogP contribution >= 0.6 is 0 Å². The lowest BCUT2D eigenvalue weighted by Crippen LogP contribution is -2.32. The highest BCUT2D eigenvalue weighted by molar-refractivity contribution is 5.83. The van der Waals surface area contributed by atoms with Gasteiger partial charge in [-0.2, -0.15) is 0 Å². The third-order valence-corrected chi connectivity index (χ3v) is 3.35. The molecule has 0 aliphatic heterocycles. The van der Waals surface area contributed by atoms with E-state index in [1.165, 1.54) is 0 Å². The molecular weight excluding hydrogens is 258 g/mol. The van der Waals surface area contributed by atoms with Gasteiger partial charge in [0.25, 0.3) is 0 Å². The first-order valence-electron chi connectivity index (χ1n) is 6.80. The highest BCUT2D eigenvalue weighted by Crippen LogP contribution is 2.34. The molecule has 0 spiro atoms. The summed E-state index contributed by atoms with van der Waals surface area (Å²) in [5.41, 5.74) is 0.803. The number of aliphatic carboxylic acids is 1. The van der Waals surface area contributed by atoms with Crippen LogP contribution < -0.4 is 5.32 Å². The minimum atomic E-state index is -0.934. The van der Waals surface area contributed by atoms with E-state index < -0.39 is 12.0 Å². The lowest BCUT2D eigenvalue weighted by Gasteiger charge is -2.17. The molecule has 0 heterocycles. The summed E-state index contributed by atoms with van der Waals surface area (Å²) in [5.74, 6) is -1.20. The molecule has 1 aliphatic carbocycles. The maximum Gasteiger partial charge on any atom is 0.305 e. The molecular formula is C15H19NO4. The van der Waals surface area contributed by atoms with E-state index >= 15 is 0 Å². The van der Waals surface area contributed by atoms with Gasteiger partial charge in [0.15, 0.2) is 0 Å². The van der Waals surface area contributed by atoms with Gasteiger partial charge in [-0.15, -0.1) is 0 Å². The fourth-order valence-corrected chi connectivity index (χ4v) is 2.24. The molecule has 1 aliphatic rings. The minimum absolute atomic E-state index is 0.0127. The van der Waals surface area contributed by atoms with Gasteiger partial charge in [-0.3, -0.25) is 9.59 Å². The zero-order valence-corrected chi connectivity index (χ0v) is 11.4. The predicted octanol–water partition coefficient (Wildman–Crippen LogP) is 1.74. The first-order valence-corrected chi connectivity index (χ1v) is 6.80. The van der Waals surface area contributed by atoms with Gasteiger partial charge in [0, 0.05) is 6.61 Å². The van der Waals surface area contributed by atoms with Crippen molar-refractivity contribution in [2.45, 2.75) is 31.9 Å². The molecule has 5 heteroatoms. The number of hydrogen-bond donors (Lipinski definition) is 2. The molecule has 0 radical (unpaired) electrons. The number of carbonyl (C=O) groups excluding carboxylic acids is 1. The van der Waals surface area contributed by atoms with E-state index in [2.05, 4.69) is 5.32 Å². The topological polar surface area (TPSA) is 75.6 Å². The van der Waals surface area contributed by atoms with Crippen molar-refractivity contribution in [1.82, 2.24) is 5.32 Å². The summed E-state index contributed by atoms with van der Waals surface area (Å²) in [6.45, 7) is 2.48. The average Bonchev–Trinajstić information content (AvgIpc) is 3.18. The maximum absolute atomic E-state index is 12.1. The van der Waals surface area contributed by atoms with Gasteiger partial charge < -0.3 is 15.2 Å². The summed E-state index contributed by atoms with van der Waals surface area (Å²) < 4.78 is 5.38. The smallest absolute Gasteiger partial charge is 0.305 e. The van der Waals surface area contributed by atoms with Crippen LogP contribution in [0.3, 0.4) is 0 Å². The Morgan fingerprint density at radius 3 is 2.70 bits per heavy atom. The van der Waals surface area contributed by atoms with Crippen LogP contribution in [0.1, 0.15) is 31.4 Å². The van der Waals surface area contributed by atoms with E-state index in [0.29, 0.717) is 13.0 Å². The fourth-order valence-electron chi connectivity index (χ4n) is 2.24. The molecule has 1 fully saturated rings. The summed E-state index contributed by atoms with van der Waals surface area (Å²) in [4.78, 5) is 23.0. The number of amides is 1. The first-order chi connectivity index (χ1) is 9.61. The van der Waals surface area contributed by atoms with Gasteiger partial charge in [-0.25, -0.2) is 0 Å². The summed E-state index contributed by atoms with van der Waals surface area (Å²) in [6.07, 6.45) is 0.581. The zero-order valence-electron chi connectivity index (χ0n) is 11.4. The first kappa shape index (κ1) is 14.5. The van der Waals surface area contributed by atoms with Crippen LogP contribution in [0, 0.1) is 5.92 Å². The summed E-state index contributed by atoms with van der Waals surface area (Å²) in [5, 5.41) is 11.8.